The third-order valence-electron chi connectivity index (χ3n) is 2.90. The van der Waals surface area contributed by atoms with Gasteiger partial charge in [-0.25, -0.2) is 0 Å². The number of nitrogens with zero attached hydrogens (tertiary/aromatic N) is 2. The number of hydrogen-bond donors (Lipinski definition) is 1. The van der Waals surface area contributed by atoms with E-state index >= 15 is 0 Å². The summed E-state index contributed by atoms with van der Waals surface area (Å²) in [6, 6.07) is 6.68. The van der Waals surface area contributed by atoms with Gasteiger partial charge >= 0.3 is 0 Å². The summed E-state index contributed by atoms with van der Waals surface area (Å²) in [7, 11) is 0. The van der Waals surface area contributed by atoms with Gasteiger partial charge in [0.15, 0.2) is 0 Å². The van der Waals surface area contributed by atoms with Crippen LogP contribution in [-0.2, 0) is 0 Å². The summed E-state index contributed by atoms with van der Waals surface area (Å²) < 4.78 is 0. The Morgan fingerprint density at radius 1 is 1.37 bits per heavy atom. The fourth-order valence-corrected chi connectivity index (χ4v) is 1.81. The van der Waals surface area contributed by atoms with E-state index in [1.807, 2.05) is 6.07 Å². The molecule has 0 aliphatic heterocycles. The minimum Gasteiger partial charge on any atom is -0.383 e. The fourth-order valence-electron chi connectivity index (χ4n) is 1.81. The summed E-state index contributed by atoms with van der Waals surface area (Å²) in [5, 5.41) is 22.9. The van der Waals surface area contributed by atoms with Gasteiger partial charge in [-0.2, -0.15) is 5.26 Å². The van der Waals surface area contributed by atoms with Crippen molar-refractivity contribution in [1.82, 2.24) is 0 Å². The van der Waals surface area contributed by atoms with Crippen LogP contribution >= 0.6 is 0 Å². The first-order chi connectivity index (χ1) is 8.93. The van der Waals surface area contributed by atoms with Crippen LogP contribution < -0.4 is 5.32 Å². The van der Waals surface area contributed by atoms with Crippen LogP contribution in [0, 0.1) is 27.4 Å². The van der Waals surface area contributed by atoms with E-state index in [0.29, 0.717) is 5.92 Å². The molecule has 5 heteroatoms. The summed E-state index contributed by atoms with van der Waals surface area (Å²) in [6.07, 6.45) is 2.14. The minimum atomic E-state index is -0.537. The molecule has 0 aliphatic carbocycles. The molecule has 19 heavy (non-hydrogen) atoms. The molecule has 0 aromatic heterocycles. The number of nitriles is 1. The molecular formula is C14H19N3O2. The van der Waals surface area contributed by atoms with Crippen LogP contribution in [0.25, 0.3) is 0 Å². The van der Waals surface area contributed by atoms with Crippen molar-refractivity contribution < 1.29 is 4.92 Å². The Morgan fingerprint density at radius 2 is 2.05 bits per heavy atom. The highest BCUT2D eigenvalue weighted by Gasteiger charge is 2.14. The molecule has 0 radical (unpaired) electrons. The van der Waals surface area contributed by atoms with Gasteiger partial charge in [-0.1, -0.05) is 13.8 Å². The van der Waals surface area contributed by atoms with Crippen LogP contribution in [0.4, 0.5) is 11.4 Å². The highest BCUT2D eigenvalue weighted by Crippen LogP contribution is 2.22. The molecule has 0 saturated heterocycles. The number of rotatable bonds is 6. The van der Waals surface area contributed by atoms with Gasteiger partial charge in [0.05, 0.1) is 4.92 Å². The Morgan fingerprint density at radius 3 is 2.58 bits per heavy atom. The summed E-state index contributed by atoms with van der Waals surface area (Å²) in [4.78, 5) is 10.2. The van der Waals surface area contributed by atoms with Gasteiger partial charge in [-0.3, -0.25) is 10.1 Å². The van der Waals surface area contributed by atoms with E-state index in [0.717, 1.165) is 18.5 Å². The molecular weight excluding hydrogens is 242 g/mol. The fraction of sp³-hybridized carbons (Fsp3) is 0.500. The molecule has 1 unspecified atom stereocenters. The zero-order valence-corrected chi connectivity index (χ0v) is 11.5. The quantitative estimate of drug-likeness (QED) is 0.625. The standard InChI is InChI=1S/C14H19N3O2/c1-10(2)4-5-11(3)16-13-6-7-14(17(18)19)12(8-13)9-15/h6-8,10-11,16H,4-5H2,1-3H3. The summed E-state index contributed by atoms with van der Waals surface area (Å²) in [6.45, 7) is 6.41. The lowest BCUT2D eigenvalue weighted by atomic mass is 10.0. The molecule has 1 atom stereocenters. The second-order valence-corrected chi connectivity index (χ2v) is 5.12. The average Bonchev–Trinajstić information content (AvgIpc) is 2.35. The van der Waals surface area contributed by atoms with Gasteiger partial charge in [0, 0.05) is 17.8 Å². The van der Waals surface area contributed by atoms with Crippen molar-refractivity contribution in [2.24, 2.45) is 5.92 Å². The van der Waals surface area contributed by atoms with Crippen molar-refractivity contribution in [1.29, 1.82) is 5.26 Å². The summed E-state index contributed by atoms with van der Waals surface area (Å²) >= 11 is 0. The second kappa shape index (κ2) is 6.74. The van der Waals surface area contributed by atoms with Crippen LogP contribution in [0.15, 0.2) is 18.2 Å². The second-order valence-electron chi connectivity index (χ2n) is 5.12. The Labute approximate surface area is 113 Å². The number of nitrogens with one attached hydrogen (secondary N) is 1. The lowest BCUT2D eigenvalue weighted by molar-refractivity contribution is -0.385. The highest BCUT2D eigenvalue weighted by atomic mass is 16.6. The maximum atomic E-state index is 10.7. The molecule has 1 aromatic rings. The van der Waals surface area contributed by atoms with Crippen molar-refractivity contribution in [3.8, 4) is 6.07 Å². The molecule has 0 bridgehead atoms. The molecule has 0 fully saturated rings. The van der Waals surface area contributed by atoms with Crippen molar-refractivity contribution in [2.45, 2.75) is 39.7 Å². The minimum absolute atomic E-state index is 0.0889. The number of hydrogen-bond acceptors (Lipinski definition) is 4. The first-order valence-electron chi connectivity index (χ1n) is 6.39. The zero-order valence-electron chi connectivity index (χ0n) is 11.5. The van der Waals surface area contributed by atoms with E-state index in [-0.39, 0.29) is 17.3 Å². The number of benzene rings is 1. The molecule has 0 amide bonds. The molecule has 0 heterocycles. The Balaban J connectivity index is 2.75. The van der Waals surface area contributed by atoms with Crippen molar-refractivity contribution >= 4 is 11.4 Å². The van der Waals surface area contributed by atoms with Gasteiger partial charge < -0.3 is 5.32 Å². The first-order valence-corrected chi connectivity index (χ1v) is 6.39. The molecule has 1 rings (SSSR count). The lowest BCUT2D eigenvalue weighted by Crippen LogP contribution is -2.15. The van der Waals surface area contributed by atoms with Gasteiger partial charge in [0.2, 0.25) is 0 Å². The molecule has 0 saturated carbocycles. The zero-order chi connectivity index (χ0) is 14.4. The maximum absolute atomic E-state index is 10.7. The third kappa shape index (κ3) is 4.59. The van der Waals surface area contributed by atoms with E-state index in [2.05, 4.69) is 26.1 Å². The Bertz CT molecular complexity index is 492. The number of nitro benzene ring substituents is 1. The largest absolute Gasteiger partial charge is 0.383 e. The normalized spacial score (nSPS) is 11.9. The first kappa shape index (κ1) is 15.0. The van der Waals surface area contributed by atoms with Crippen LogP contribution in [0.1, 0.15) is 39.2 Å². The van der Waals surface area contributed by atoms with Gasteiger partial charge in [-0.05, 0) is 37.8 Å². The summed E-state index contributed by atoms with van der Waals surface area (Å²) in [5.74, 6) is 0.649. The Hall–Kier alpha value is -2.09. The van der Waals surface area contributed by atoms with Crippen LogP contribution in [0.2, 0.25) is 0 Å². The predicted octanol–water partition coefficient (Wildman–Crippen LogP) is 3.70. The monoisotopic (exact) mass is 261 g/mol. The third-order valence-corrected chi connectivity index (χ3v) is 2.90. The van der Waals surface area contributed by atoms with Crippen LogP contribution in [0.3, 0.4) is 0 Å². The van der Waals surface area contributed by atoms with E-state index < -0.39 is 4.92 Å². The van der Waals surface area contributed by atoms with E-state index in [1.165, 1.54) is 12.1 Å². The predicted molar refractivity (Wildman–Crippen MR) is 75.0 cm³/mol. The van der Waals surface area contributed by atoms with Gasteiger partial charge in [0.25, 0.3) is 5.69 Å². The molecule has 102 valence electrons. The molecule has 1 aromatic carbocycles. The van der Waals surface area contributed by atoms with Crippen molar-refractivity contribution in [2.75, 3.05) is 5.32 Å². The molecule has 5 nitrogen and oxygen atoms in total. The number of nitro groups is 1. The van der Waals surface area contributed by atoms with Gasteiger partial charge in [-0.15, -0.1) is 0 Å². The number of anilines is 1. The van der Waals surface area contributed by atoms with Crippen molar-refractivity contribution in [3.05, 3.63) is 33.9 Å². The molecule has 0 spiro atoms. The van der Waals surface area contributed by atoms with E-state index in [4.69, 9.17) is 5.26 Å². The molecule has 1 N–H and O–H groups in total. The van der Waals surface area contributed by atoms with E-state index in [9.17, 15) is 10.1 Å². The lowest BCUT2D eigenvalue weighted by Gasteiger charge is -2.16. The van der Waals surface area contributed by atoms with Gasteiger partial charge in [0.1, 0.15) is 11.6 Å². The van der Waals surface area contributed by atoms with Crippen LogP contribution in [0.5, 0.6) is 0 Å². The summed E-state index contributed by atoms with van der Waals surface area (Å²) in [5.41, 5.74) is 0.687. The Kier molecular flexibility index (Phi) is 5.31. The van der Waals surface area contributed by atoms with Crippen LogP contribution in [-0.4, -0.2) is 11.0 Å². The maximum Gasteiger partial charge on any atom is 0.287 e. The average molecular weight is 261 g/mol. The van der Waals surface area contributed by atoms with Crippen molar-refractivity contribution in [3.63, 3.8) is 0 Å². The molecule has 0 aliphatic rings. The van der Waals surface area contributed by atoms with E-state index in [1.54, 1.807) is 6.07 Å². The highest BCUT2D eigenvalue weighted by molar-refractivity contribution is 5.58. The topological polar surface area (TPSA) is 79.0 Å². The SMILES string of the molecule is CC(C)CCC(C)Nc1ccc([N+](=O)[O-])c(C#N)c1. The smallest absolute Gasteiger partial charge is 0.287 e.